The van der Waals surface area contributed by atoms with Crippen molar-refractivity contribution in [3.05, 3.63) is 52.8 Å². The number of nitrogens with zero attached hydrogens (tertiary/aromatic N) is 2. The summed E-state index contributed by atoms with van der Waals surface area (Å²) in [6.45, 7) is 1.16. The summed E-state index contributed by atoms with van der Waals surface area (Å²) in [7, 11) is -0.616. The van der Waals surface area contributed by atoms with E-state index in [2.05, 4.69) is 20.3 Å². The number of hydrogen-bond donors (Lipinski definition) is 4. The molecule has 1 aliphatic rings. The molecule has 5 N–H and O–H groups in total. The molecule has 2 aromatic carbocycles. The van der Waals surface area contributed by atoms with Crippen molar-refractivity contribution in [1.29, 1.82) is 0 Å². The van der Waals surface area contributed by atoms with Gasteiger partial charge >= 0.3 is 0 Å². The van der Waals surface area contributed by atoms with Gasteiger partial charge in [-0.2, -0.15) is 4.98 Å². The summed E-state index contributed by atoms with van der Waals surface area (Å²) in [5, 5.41) is 3.64. The van der Waals surface area contributed by atoms with Crippen LogP contribution in [0, 0.1) is 0 Å². The molecular formula is C22H22N6O4S. The fourth-order valence-corrected chi connectivity index (χ4v) is 4.88. The molecule has 5 rings (SSSR count). The minimum Gasteiger partial charge on any atom is -0.489 e. The minimum absolute atomic E-state index is 0.00715. The highest BCUT2D eigenvalue weighted by atomic mass is 32.2. The van der Waals surface area contributed by atoms with Crippen LogP contribution in [0.4, 0.5) is 11.6 Å². The van der Waals surface area contributed by atoms with Crippen molar-refractivity contribution < 1.29 is 13.2 Å². The summed E-state index contributed by atoms with van der Waals surface area (Å²) in [6, 6.07) is 12.1. The molecule has 0 saturated heterocycles. The van der Waals surface area contributed by atoms with Gasteiger partial charge in [-0.3, -0.25) is 9.78 Å². The van der Waals surface area contributed by atoms with E-state index in [4.69, 9.17) is 10.5 Å². The molecule has 0 fully saturated rings. The molecule has 0 saturated carbocycles. The summed E-state index contributed by atoms with van der Waals surface area (Å²) in [4.78, 5) is 23.1. The van der Waals surface area contributed by atoms with Crippen molar-refractivity contribution in [2.75, 3.05) is 38.3 Å². The van der Waals surface area contributed by atoms with Gasteiger partial charge in [-0.1, -0.05) is 24.3 Å². The molecule has 4 aromatic rings. The number of aromatic nitrogens is 3. The van der Waals surface area contributed by atoms with E-state index < -0.39 is 10.0 Å². The van der Waals surface area contributed by atoms with Gasteiger partial charge in [-0.25, -0.2) is 12.7 Å². The number of nitrogen functional groups attached to an aromatic ring is 1. The number of fused-ring (bicyclic) bond motifs is 2. The molecule has 0 unspecified atom stereocenters. The molecule has 10 nitrogen and oxygen atoms in total. The zero-order valence-electron chi connectivity index (χ0n) is 18.0. The fraction of sp³-hybridized carbons (Fsp3) is 0.182. The van der Waals surface area contributed by atoms with Gasteiger partial charge in [0.05, 0.1) is 21.7 Å². The highest BCUT2D eigenvalue weighted by Gasteiger charge is 2.25. The van der Waals surface area contributed by atoms with Crippen molar-refractivity contribution in [2.45, 2.75) is 4.90 Å². The monoisotopic (exact) mass is 466 g/mol. The Bertz CT molecular complexity index is 1540. The quantitative estimate of drug-likeness (QED) is 0.361. The molecular weight excluding hydrogens is 444 g/mol. The lowest BCUT2D eigenvalue weighted by Crippen LogP contribution is -2.22. The fourth-order valence-electron chi connectivity index (χ4n) is 3.98. The second kappa shape index (κ2) is 7.64. The third-order valence-corrected chi connectivity index (χ3v) is 7.38. The van der Waals surface area contributed by atoms with Crippen LogP contribution in [0.1, 0.15) is 0 Å². The zero-order valence-corrected chi connectivity index (χ0v) is 18.8. The van der Waals surface area contributed by atoms with E-state index in [9.17, 15) is 13.2 Å². The molecule has 0 atom stereocenters. The molecule has 33 heavy (non-hydrogen) atoms. The first-order valence-corrected chi connectivity index (χ1v) is 11.7. The summed E-state index contributed by atoms with van der Waals surface area (Å²) >= 11 is 0. The van der Waals surface area contributed by atoms with Crippen LogP contribution in [-0.2, 0) is 10.0 Å². The van der Waals surface area contributed by atoms with E-state index in [1.54, 1.807) is 12.1 Å². The van der Waals surface area contributed by atoms with Crippen LogP contribution in [0.3, 0.4) is 0 Å². The van der Waals surface area contributed by atoms with E-state index in [0.29, 0.717) is 52.3 Å². The third kappa shape index (κ3) is 3.41. The lowest BCUT2D eigenvalue weighted by Gasteiger charge is -2.22. The molecule has 0 amide bonds. The largest absolute Gasteiger partial charge is 0.489 e. The summed E-state index contributed by atoms with van der Waals surface area (Å²) < 4.78 is 32.1. The Labute approximate surface area is 189 Å². The number of hydrogen-bond acceptors (Lipinski definition) is 7. The van der Waals surface area contributed by atoms with Crippen molar-refractivity contribution in [1.82, 2.24) is 19.3 Å². The Morgan fingerprint density at radius 3 is 2.58 bits per heavy atom. The zero-order chi connectivity index (χ0) is 23.3. The summed E-state index contributed by atoms with van der Waals surface area (Å²) in [6.07, 6.45) is 0. The Kier molecular flexibility index (Phi) is 4.87. The van der Waals surface area contributed by atoms with Crippen LogP contribution < -0.4 is 21.3 Å². The lowest BCUT2D eigenvalue weighted by atomic mass is 9.97. The number of sulfonamides is 1. The number of nitrogens with one attached hydrogen (secondary N) is 3. The average molecular weight is 467 g/mol. The van der Waals surface area contributed by atoms with Gasteiger partial charge in [0.1, 0.15) is 18.0 Å². The SMILES string of the molecule is CN(C)S(=O)(=O)c1ccc(-c2[nH]c3nc(N)[nH]c(=O)c3c2-c2cccc3c2OCCN3)cc1. The Morgan fingerprint density at radius 1 is 1.09 bits per heavy atom. The van der Waals surface area contributed by atoms with Crippen LogP contribution >= 0.6 is 0 Å². The molecule has 11 heteroatoms. The van der Waals surface area contributed by atoms with E-state index in [-0.39, 0.29) is 16.4 Å². The average Bonchev–Trinajstić information content (AvgIpc) is 3.18. The Balaban J connectivity index is 1.78. The molecule has 0 spiro atoms. The number of benzene rings is 2. The number of rotatable bonds is 4. The molecule has 0 radical (unpaired) electrons. The molecule has 170 valence electrons. The first kappa shape index (κ1) is 21.0. The predicted molar refractivity (Wildman–Crippen MR) is 127 cm³/mol. The van der Waals surface area contributed by atoms with Crippen LogP contribution in [-0.4, -0.2) is 54.9 Å². The van der Waals surface area contributed by atoms with Gasteiger partial charge in [0, 0.05) is 31.8 Å². The van der Waals surface area contributed by atoms with E-state index >= 15 is 0 Å². The van der Waals surface area contributed by atoms with Crippen LogP contribution in [0.5, 0.6) is 5.75 Å². The van der Waals surface area contributed by atoms with Crippen LogP contribution in [0.15, 0.2) is 52.2 Å². The van der Waals surface area contributed by atoms with Gasteiger partial charge in [-0.05, 0) is 23.8 Å². The predicted octanol–water partition coefficient (Wildman–Crippen LogP) is 2.22. The van der Waals surface area contributed by atoms with Gasteiger partial charge < -0.3 is 20.8 Å². The highest BCUT2D eigenvalue weighted by Crippen LogP contribution is 2.44. The van der Waals surface area contributed by atoms with E-state index in [1.807, 2.05) is 18.2 Å². The first-order chi connectivity index (χ1) is 15.8. The Hall–Kier alpha value is -3.83. The second-order valence-electron chi connectivity index (χ2n) is 7.82. The van der Waals surface area contributed by atoms with Gasteiger partial charge in [0.2, 0.25) is 16.0 Å². The first-order valence-electron chi connectivity index (χ1n) is 10.2. The van der Waals surface area contributed by atoms with Crippen molar-refractivity contribution in [3.8, 4) is 28.1 Å². The molecule has 1 aliphatic heterocycles. The maximum Gasteiger partial charge on any atom is 0.262 e. The molecule has 0 bridgehead atoms. The van der Waals surface area contributed by atoms with E-state index in [1.165, 1.54) is 26.2 Å². The summed E-state index contributed by atoms with van der Waals surface area (Å²) in [5.41, 5.74) is 9.13. The number of aromatic amines is 2. The van der Waals surface area contributed by atoms with Crippen LogP contribution in [0.2, 0.25) is 0 Å². The Morgan fingerprint density at radius 2 is 1.85 bits per heavy atom. The number of anilines is 2. The van der Waals surface area contributed by atoms with Crippen molar-refractivity contribution >= 4 is 32.7 Å². The minimum atomic E-state index is -3.58. The topological polar surface area (TPSA) is 146 Å². The number of nitrogens with two attached hydrogens (primary N) is 1. The van der Waals surface area contributed by atoms with Crippen molar-refractivity contribution in [3.63, 3.8) is 0 Å². The van der Waals surface area contributed by atoms with Crippen LogP contribution in [0.25, 0.3) is 33.4 Å². The van der Waals surface area contributed by atoms with Gasteiger partial charge in [0.25, 0.3) is 5.56 Å². The second-order valence-corrected chi connectivity index (χ2v) is 9.97. The molecule has 3 heterocycles. The smallest absolute Gasteiger partial charge is 0.262 e. The van der Waals surface area contributed by atoms with Gasteiger partial charge in [0.15, 0.2) is 0 Å². The number of ether oxygens (including phenoxy) is 1. The third-order valence-electron chi connectivity index (χ3n) is 5.55. The summed E-state index contributed by atoms with van der Waals surface area (Å²) in [5.74, 6) is 0.626. The normalized spacial score (nSPS) is 13.5. The highest BCUT2D eigenvalue weighted by molar-refractivity contribution is 7.89. The lowest BCUT2D eigenvalue weighted by molar-refractivity contribution is 0.324. The number of H-pyrrole nitrogens is 2. The van der Waals surface area contributed by atoms with Crippen molar-refractivity contribution in [2.24, 2.45) is 0 Å². The maximum absolute atomic E-state index is 12.9. The molecule has 2 aromatic heterocycles. The standard InChI is InChI=1S/C22H22N6O4S/c1-28(2)33(30,31)13-8-6-12(7-9-13)18-16(17-20(25-18)26-22(23)27-21(17)29)14-4-3-5-15-19(14)32-11-10-24-15/h3-9,24H,10-11H2,1-2H3,(H4,23,25,26,27,29). The van der Waals surface area contributed by atoms with Gasteiger partial charge in [-0.15, -0.1) is 0 Å². The molecule has 0 aliphatic carbocycles. The number of para-hydroxylation sites is 1. The van der Waals surface area contributed by atoms with E-state index in [0.717, 1.165) is 9.99 Å². The maximum atomic E-state index is 12.9.